The van der Waals surface area contributed by atoms with Crippen molar-refractivity contribution in [3.05, 3.63) is 74.1 Å². The van der Waals surface area contributed by atoms with Crippen LogP contribution in [0, 0.1) is 145 Å². The van der Waals surface area contributed by atoms with Gasteiger partial charge in [-0.1, -0.05) is 194 Å². The van der Waals surface area contributed by atoms with E-state index < -0.39 is 0 Å². The van der Waals surface area contributed by atoms with Crippen molar-refractivity contribution in [2.75, 3.05) is 78.5 Å². The quantitative estimate of drug-likeness (QED) is 0.158. The fourth-order valence-electron chi connectivity index (χ4n) is 11.1. The van der Waals surface area contributed by atoms with E-state index in [1.807, 2.05) is 0 Å². The molecule has 6 N–H and O–H groups in total. The van der Waals surface area contributed by atoms with Crippen LogP contribution in [0.25, 0.3) is 0 Å². The summed E-state index contributed by atoms with van der Waals surface area (Å²) in [6.45, 7) is 57.8. The van der Waals surface area contributed by atoms with Crippen LogP contribution in [0.1, 0.15) is 194 Å². The first-order chi connectivity index (χ1) is 34.3. The molecule has 6 fully saturated rings. The van der Waals surface area contributed by atoms with Gasteiger partial charge in [-0.15, -0.1) is 39.3 Å². The molecule has 6 aliphatic rings. The first kappa shape index (κ1) is 279. The molecule has 6 nitrogen and oxygen atoms in total. The molecule has 547 valence electrons. The maximum atomic E-state index is 4.37. The Bertz CT molecular complexity index is 1140. The van der Waals surface area contributed by atoms with Gasteiger partial charge in [-0.2, -0.15) is 53.3 Å². The SMILES string of the molecule is C1CNC[C-]2CNCCNC[C-](CN1)CNCCNC2.[CH2-]C1CCC([CH2-])CCC(CC)CC1.[CH2-]C1CCC([CH2-])CCC(CC)CCC([CH2-])CC1.[CH2-]C1CCC([CH2-])CCC([CH2-])CCC(CC)CCC([CH2-])CC1.[Y].[Y].[Y].[Y].[Y].[Y].[Y].[Y].[Y].[Y].[Y].[Y].[Y].[Y].[Y].[Y].[Y].[Y].[Y].[Y].[Y].[Y].[Y].[Y].[Y].[Y].[Y].[Y].[Y].[Y].[Y].[Y].[Y].[Y].[Y].[Y].[Y].[Y].[Y].[Y].[Y]. The van der Waals surface area contributed by atoms with Gasteiger partial charge in [0.05, 0.1) is 0 Å². The molecule has 47 heteroatoms. The molecule has 3 aliphatic carbocycles. The maximum Gasteiger partial charge on any atom is 0.00483 e. The summed E-state index contributed by atoms with van der Waals surface area (Å²) in [6.07, 6.45) is 35.3. The zero-order valence-corrected chi connectivity index (χ0v) is 188. The van der Waals surface area contributed by atoms with Gasteiger partial charge >= 0.3 is 0 Å². The molecular formula is C65H123N6Y41-11. The summed E-state index contributed by atoms with van der Waals surface area (Å²) < 4.78 is 0. The average Bonchev–Trinajstić information content (AvgIpc) is 3.44. The number of hydrogen-bond acceptors (Lipinski definition) is 6. The van der Waals surface area contributed by atoms with E-state index in [1.165, 1.54) is 185 Å². The molecule has 0 amide bonds. The van der Waals surface area contributed by atoms with Crippen molar-refractivity contribution >= 4 is 0 Å². The zero-order chi connectivity index (χ0) is 51.9. The van der Waals surface area contributed by atoms with Crippen molar-refractivity contribution in [2.45, 2.75) is 194 Å². The van der Waals surface area contributed by atoms with Crippen LogP contribution in [-0.2, 0) is 1340 Å². The Morgan fingerprint density at radius 3 is 0.321 bits per heavy atom. The molecule has 0 aromatic rings. The average molecular weight is 4630 g/mol. The molecule has 8 atom stereocenters. The summed E-state index contributed by atoms with van der Waals surface area (Å²) in [4.78, 5) is 0. The minimum atomic E-state index is 0. The number of rotatable bonds is 3. The van der Waals surface area contributed by atoms with Gasteiger partial charge in [0.25, 0.3) is 0 Å². The normalized spacial score (nSPS) is 22.2. The second-order valence-electron chi connectivity index (χ2n) is 24.1. The van der Waals surface area contributed by atoms with E-state index in [4.69, 9.17) is 0 Å². The Balaban J connectivity index is -0.0000000146. The third-order valence-electron chi connectivity index (χ3n) is 17.2. The maximum absolute atomic E-state index is 4.37. The zero-order valence-electron chi connectivity index (χ0n) is 71.5. The molecule has 8 unspecified atom stereocenters. The van der Waals surface area contributed by atoms with Crippen LogP contribution in [0.3, 0.4) is 0 Å². The summed E-state index contributed by atoms with van der Waals surface area (Å²) in [5, 5.41) is 21.2. The van der Waals surface area contributed by atoms with Gasteiger partial charge in [-0.25, -0.2) is 0 Å². The van der Waals surface area contributed by atoms with Gasteiger partial charge in [0.15, 0.2) is 0 Å². The van der Waals surface area contributed by atoms with Crippen molar-refractivity contribution in [3.8, 4) is 0 Å². The molecule has 0 aromatic heterocycles. The van der Waals surface area contributed by atoms with Crippen LogP contribution in [0.4, 0.5) is 0 Å². The molecular weight excluding hydrogens is 4510 g/mol. The third kappa shape index (κ3) is 193. The largest absolute Gasteiger partial charge is 0.345 e. The standard InChI is InChI=1S/C21H38.C17H31.C14H30N6.C13H24.41Y/c1-6-21-15-13-19(4)11-9-17(2)7-8-18(3)10-12-20(5)14-16-21;1-5-17-12-10-15(3)8-6-14(2)7-9-16(4)11-13-17;1-2-16-8-14-11-19-5-3-17-9-13(7-15-1)10-18-4-6-20-12-14;1-4-13-9-7-11(2)5-6-12(3)8-10-13;;;;;;;;;;;;;;;;;;;;;;;;;;;;;;;;;;;;;;;;;/h17-21H,2-16H2,1H3;14-17H,2-13H2,1H3;15-20H,1-12H2;11-13H,2-10H2,1H3;;;;;;;;;;;;;;;;;;;;;;;;;;;;;;;;;;;;;;;;;/q-4;-3;2*-2;;;;;;;;;;;;;;;;;;;;;;;;;;;;;;;;;;;;;;;;;. The summed E-state index contributed by atoms with van der Waals surface area (Å²) >= 11 is 0. The van der Waals surface area contributed by atoms with Crippen molar-refractivity contribution < 1.29 is 1340 Å². The molecule has 3 aliphatic heterocycles. The minimum Gasteiger partial charge on any atom is -0.345 e. The van der Waals surface area contributed by atoms with E-state index in [-0.39, 0.29) is 1340 Å². The molecule has 0 aromatic carbocycles. The molecule has 41 radical (unpaired) electrons. The Morgan fingerprint density at radius 1 is 0.161 bits per heavy atom. The smallest absolute Gasteiger partial charge is 0.00483 e. The molecule has 6 rings (SSSR count). The van der Waals surface area contributed by atoms with E-state index in [9.17, 15) is 0 Å². The molecule has 3 heterocycles. The Labute approximate surface area is 1730 Å². The Morgan fingerprint density at radius 2 is 0.241 bits per heavy atom. The van der Waals surface area contributed by atoms with Crippen LogP contribution in [0.5, 0.6) is 0 Å². The van der Waals surface area contributed by atoms with E-state index in [0.717, 1.165) is 96.3 Å². The second kappa shape index (κ2) is 215. The summed E-state index contributed by atoms with van der Waals surface area (Å²) in [6, 6.07) is 0. The van der Waals surface area contributed by atoms with Crippen molar-refractivity contribution in [1.82, 2.24) is 31.9 Å². The first-order valence-corrected chi connectivity index (χ1v) is 30.7. The van der Waals surface area contributed by atoms with Crippen LogP contribution < -0.4 is 31.9 Å². The monoisotopic (exact) mass is 4630 g/mol. The summed E-state index contributed by atoms with van der Waals surface area (Å²) in [7, 11) is 0. The number of nitrogens with one attached hydrogen (secondary N) is 6. The van der Waals surface area contributed by atoms with Crippen LogP contribution in [-0.4, -0.2) is 78.5 Å². The Hall–Kier alpha value is 45.0. The predicted molar refractivity (Wildman–Crippen MR) is 315 cm³/mol. The third-order valence-corrected chi connectivity index (χ3v) is 17.2. The van der Waals surface area contributed by atoms with Gasteiger partial charge in [0, 0.05) is 1380 Å². The van der Waals surface area contributed by atoms with Gasteiger partial charge in [0.1, 0.15) is 0 Å². The van der Waals surface area contributed by atoms with E-state index in [1.54, 1.807) is 0 Å². The summed E-state index contributed by atoms with van der Waals surface area (Å²) in [5.74, 6) is 11.5. The van der Waals surface area contributed by atoms with Gasteiger partial charge in [-0.05, 0) is 17.8 Å². The summed E-state index contributed by atoms with van der Waals surface area (Å²) in [5.41, 5.74) is 0. The van der Waals surface area contributed by atoms with Crippen molar-refractivity contribution in [1.29, 1.82) is 0 Å². The molecule has 3 saturated heterocycles. The van der Waals surface area contributed by atoms with Gasteiger partial charge in [-0.3, -0.25) is 11.8 Å². The number of hydrogen-bond donors (Lipinski definition) is 6. The van der Waals surface area contributed by atoms with E-state index >= 15 is 0 Å². The molecule has 112 heavy (non-hydrogen) atoms. The van der Waals surface area contributed by atoms with Gasteiger partial charge < -0.3 is 94.2 Å². The fourth-order valence-corrected chi connectivity index (χ4v) is 11.1. The van der Waals surface area contributed by atoms with Crippen molar-refractivity contribution in [3.63, 3.8) is 0 Å². The fraction of sp³-hybridized carbons (Fsp3) is 0.831. The minimum absolute atomic E-state index is 0. The topological polar surface area (TPSA) is 72.2 Å². The van der Waals surface area contributed by atoms with Gasteiger partial charge in [0.2, 0.25) is 0 Å². The van der Waals surface area contributed by atoms with Crippen LogP contribution in [0.15, 0.2) is 0 Å². The van der Waals surface area contributed by atoms with Crippen LogP contribution >= 0.6 is 0 Å². The predicted octanol–water partition coefficient (Wildman–Crippen LogP) is 14.1. The molecule has 3 saturated carbocycles. The van der Waals surface area contributed by atoms with Crippen molar-refractivity contribution in [2.24, 2.45) is 71.0 Å². The molecule has 0 spiro atoms. The second-order valence-corrected chi connectivity index (χ2v) is 24.1. The van der Waals surface area contributed by atoms with E-state index in [2.05, 4.69) is 115 Å². The Kier molecular flexibility index (Phi) is 536. The van der Waals surface area contributed by atoms with E-state index in [0.29, 0.717) is 53.3 Å². The first-order valence-electron chi connectivity index (χ1n) is 30.7. The van der Waals surface area contributed by atoms with Crippen LogP contribution in [0.2, 0.25) is 0 Å². The number of fused-ring (bicyclic) bond motifs is 15. The molecule has 2 bridgehead atoms.